The van der Waals surface area contributed by atoms with Gasteiger partial charge in [-0.25, -0.2) is 0 Å². The van der Waals surface area contributed by atoms with E-state index in [1.165, 1.54) is 5.39 Å². The van der Waals surface area contributed by atoms with Gasteiger partial charge in [0.25, 0.3) is 0 Å². The lowest BCUT2D eigenvalue weighted by molar-refractivity contribution is 0.112. The molecule has 0 aliphatic heterocycles. The van der Waals surface area contributed by atoms with Crippen molar-refractivity contribution in [3.63, 3.8) is 0 Å². The molecule has 0 amide bonds. The van der Waals surface area contributed by atoms with Crippen LogP contribution < -0.4 is 0 Å². The van der Waals surface area contributed by atoms with Gasteiger partial charge in [0.15, 0.2) is 6.29 Å². The van der Waals surface area contributed by atoms with Crippen molar-refractivity contribution in [1.29, 1.82) is 0 Å². The summed E-state index contributed by atoms with van der Waals surface area (Å²) in [6, 6.07) is 26.5. The van der Waals surface area contributed by atoms with Crippen molar-refractivity contribution in [2.45, 2.75) is 0 Å². The molecule has 0 saturated carbocycles. The Morgan fingerprint density at radius 3 is 1.68 bits per heavy atom. The molecule has 0 heterocycles. The summed E-state index contributed by atoms with van der Waals surface area (Å²) in [4.78, 5) is 11.9. The molecule has 4 aromatic carbocycles. The highest BCUT2D eigenvalue weighted by Gasteiger charge is 2.14. The van der Waals surface area contributed by atoms with E-state index in [0.717, 1.165) is 39.1 Å². The summed E-state index contributed by atoms with van der Waals surface area (Å²) in [5, 5.41) is 4.44. The first-order valence-electron chi connectivity index (χ1n) is 7.34. The van der Waals surface area contributed by atoms with Crippen molar-refractivity contribution in [2.24, 2.45) is 0 Å². The predicted octanol–water partition coefficient (Wildman–Crippen LogP) is 5.47. The molecule has 0 radical (unpaired) electrons. The van der Waals surface area contributed by atoms with Gasteiger partial charge in [-0.15, -0.1) is 0 Å². The predicted molar refractivity (Wildman–Crippen MR) is 92.3 cm³/mol. The van der Waals surface area contributed by atoms with Gasteiger partial charge in [0.2, 0.25) is 0 Å². The van der Waals surface area contributed by atoms with E-state index >= 15 is 0 Å². The minimum Gasteiger partial charge on any atom is -0.298 e. The van der Waals surface area contributed by atoms with Crippen molar-refractivity contribution < 1.29 is 4.79 Å². The van der Waals surface area contributed by atoms with Crippen LogP contribution in [-0.2, 0) is 0 Å². The molecule has 0 aliphatic carbocycles. The number of aldehydes is 1. The van der Waals surface area contributed by atoms with E-state index in [1.54, 1.807) is 0 Å². The van der Waals surface area contributed by atoms with Gasteiger partial charge < -0.3 is 0 Å². The molecule has 1 heteroatoms. The summed E-state index contributed by atoms with van der Waals surface area (Å²) in [7, 11) is 0. The number of carbonyl (C=O) groups excluding carboxylic acids is 1. The Hall–Kier alpha value is -2.93. The number of carbonyl (C=O) groups is 1. The molecule has 0 aromatic heterocycles. The standard InChI is InChI=1S/C21H14O/c22-14-20-18-12-5-4-10-16(18)17-11-6-7-13-19(17)21(20)15-8-2-1-3-9-15/h1-14H. The Kier molecular flexibility index (Phi) is 2.97. The third-order valence-corrected chi connectivity index (χ3v) is 4.15. The topological polar surface area (TPSA) is 17.1 Å². The van der Waals surface area contributed by atoms with Crippen LogP contribution >= 0.6 is 0 Å². The Labute approximate surface area is 128 Å². The molecular weight excluding hydrogens is 268 g/mol. The summed E-state index contributed by atoms with van der Waals surface area (Å²) >= 11 is 0. The molecule has 0 bridgehead atoms. The van der Waals surface area contributed by atoms with Crippen LogP contribution in [0.2, 0.25) is 0 Å². The van der Waals surface area contributed by atoms with Gasteiger partial charge in [-0.05, 0) is 27.1 Å². The van der Waals surface area contributed by atoms with Crippen LogP contribution in [0, 0.1) is 0 Å². The van der Waals surface area contributed by atoms with Crippen LogP contribution in [0.1, 0.15) is 10.4 Å². The maximum absolute atomic E-state index is 11.9. The summed E-state index contributed by atoms with van der Waals surface area (Å²) in [5.41, 5.74) is 2.86. The van der Waals surface area contributed by atoms with Gasteiger partial charge in [0.05, 0.1) is 0 Å². The highest BCUT2D eigenvalue weighted by atomic mass is 16.1. The molecule has 0 saturated heterocycles. The average Bonchev–Trinajstić information content (AvgIpc) is 2.61. The average molecular weight is 282 g/mol. The number of hydrogen-bond donors (Lipinski definition) is 0. The van der Waals surface area contributed by atoms with Crippen LogP contribution in [0.5, 0.6) is 0 Å². The molecule has 0 atom stereocenters. The number of rotatable bonds is 2. The largest absolute Gasteiger partial charge is 0.298 e. The fourth-order valence-electron chi connectivity index (χ4n) is 3.21. The minimum atomic E-state index is 0.764. The zero-order valence-corrected chi connectivity index (χ0v) is 12.0. The maximum atomic E-state index is 11.9. The van der Waals surface area contributed by atoms with Crippen molar-refractivity contribution in [3.05, 3.63) is 84.4 Å². The quantitative estimate of drug-likeness (QED) is 0.352. The molecule has 1 nitrogen and oxygen atoms in total. The Morgan fingerprint density at radius 1 is 0.545 bits per heavy atom. The van der Waals surface area contributed by atoms with Gasteiger partial charge >= 0.3 is 0 Å². The Morgan fingerprint density at radius 2 is 1.05 bits per heavy atom. The van der Waals surface area contributed by atoms with Crippen LogP contribution in [0.25, 0.3) is 32.7 Å². The van der Waals surface area contributed by atoms with Crippen LogP contribution in [0.4, 0.5) is 0 Å². The van der Waals surface area contributed by atoms with E-state index in [1.807, 2.05) is 48.5 Å². The summed E-state index contributed by atoms with van der Waals surface area (Å²) in [6.07, 6.45) is 0.983. The fraction of sp³-hybridized carbons (Fsp3) is 0. The molecule has 104 valence electrons. The van der Waals surface area contributed by atoms with Crippen molar-refractivity contribution >= 4 is 27.8 Å². The van der Waals surface area contributed by atoms with Gasteiger partial charge in [-0.3, -0.25) is 4.79 Å². The van der Waals surface area contributed by atoms with Crippen molar-refractivity contribution in [3.8, 4) is 11.1 Å². The molecule has 22 heavy (non-hydrogen) atoms. The highest BCUT2D eigenvalue weighted by molar-refractivity contribution is 6.20. The second kappa shape index (κ2) is 5.12. The van der Waals surface area contributed by atoms with Gasteiger partial charge in [-0.2, -0.15) is 0 Å². The third-order valence-electron chi connectivity index (χ3n) is 4.15. The number of benzene rings is 4. The lowest BCUT2D eigenvalue weighted by Crippen LogP contribution is -1.93. The second-order valence-electron chi connectivity index (χ2n) is 5.36. The van der Waals surface area contributed by atoms with Gasteiger partial charge in [0.1, 0.15) is 0 Å². The van der Waals surface area contributed by atoms with Crippen molar-refractivity contribution in [2.75, 3.05) is 0 Å². The Balaban J connectivity index is 2.29. The van der Waals surface area contributed by atoms with E-state index in [-0.39, 0.29) is 0 Å². The number of hydrogen-bond acceptors (Lipinski definition) is 1. The first kappa shape index (κ1) is 12.8. The molecule has 0 unspecified atom stereocenters. The minimum absolute atomic E-state index is 0.764. The van der Waals surface area contributed by atoms with Crippen LogP contribution in [0.3, 0.4) is 0 Å². The second-order valence-corrected chi connectivity index (χ2v) is 5.36. The molecule has 0 fully saturated rings. The van der Waals surface area contributed by atoms with Gasteiger partial charge in [-0.1, -0.05) is 78.9 Å². The molecule has 0 N–H and O–H groups in total. The summed E-state index contributed by atoms with van der Waals surface area (Å²) in [5.74, 6) is 0. The molecule has 0 spiro atoms. The third kappa shape index (κ3) is 1.83. The van der Waals surface area contributed by atoms with E-state index < -0.39 is 0 Å². The first-order valence-corrected chi connectivity index (χ1v) is 7.34. The fourth-order valence-corrected chi connectivity index (χ4v) is 3.21. The monoisotopic (exact) mass is 282 g/mol. The van der Waals surface area contributed by atoms with E-state index in [2.05, 4.69) is 30.3 Å². The van der Waals surface area contributed by atoms with E-state index in [9.17, 15) is 4.79 Å². The lowest BCUT2D eigenvalue weighted by atomic mass is 9.88. The lowest BCUT2D eigenvalue weighted by Gasteiger charge is -2.14. The molecular formula is C21H14O. The normalized spacial score (nSPS) is 10.9. The smallest absolute Gasteiger partial charge is 0.151 e. The maximum Gasteiger partial charge on any atom is 0.151 e. The Bertz CT molecular complexity index is 984. The van der Waals surface area contributed by atoms with Crippen molar-refractivity contribution in [1.82, 2.24) is 0 Å². The molecule has 4 rings (SSSR count). The highest BCUT2D eigenvalue weighted by Crippen LogP contribution is 2.37. The van der Waals surface area contributed by atoms with E-state index in [4.69, 9.17) is 0 Å². The summed E-state index contributed by atoms with van der Waals surface area (Å²) in [6.45, 7) is 0. The summed E-state index contributed by atoms with van der Waals surface area (Å²) < 4.78 is 0. The SMILES string of the molecule is O=Cc1c(-c2ccccc2)c2ccccc2c2ccccc12. The van der Waals surface area contributed by atoms with Crippen LogP contribution in [-0.4, -0.2) is 6.29 Å². The molecule has 4 aromatic rings. The zero-order chi connectivity index (χ0) is 14.9. The van der Waals surface area contributed by atoms with Gasteiger partial charge in [0, 0.05) is 11.1 Å². The zero-order valence-electron chi connectivity index (χ0n) is 12.0. The van der Waals surface area contributed by atoms with Crippen LogP contribution in [0.15, 0.2) is 78.9 Å². The number of fused-ring (bicyclic) bond motifs is 3. The van der Waals surface area contributed by atoms with E-state index in [0.29, 0.717) is 0 Å². The first-order chi connectivity index (χ1) is 10.9. The molecule has 0 aliphatic rings.